The van der Waals surface area contributed by atoms with Crippen LogP contribution < -0.4 is 5.73 Å². The molecule has 2 N–H and O–H groups in total. The Labute approximate surface area is 95.0 Å². The van der Waals surface area contributed by atoms with E-state index in [0.717, 1.165) is 36.2 Å². The van der Waals surface area contributed by atoms with E-state index in [9.17, 15) is 0 Å². The highest BCUT2D eigenvalue weighted by molar-refractivity contribution is 5.76. The van der Waals surface area contributed by atoms with Gasteiger partial charge in [0.25, 0.3) is 0 Å². The lowest BCUT2D eigenvalue weighted by Gasteiger charge is -2.04. The van der Waals surface area contributed by atoms with Gasteiger partial charge in [0, 0.05) is 26.8 Å². The van der Waals surface area contributed by atoms with Crippen LogP contribution in [0.4, 0.5) is 0 Å². The molecule has 0 aliphatic heterocycles. The van der Waals surface area contributed by atoms with E-state index in [1.165, 1.54) is 0 Å². The highest BCUT2D eigenvalue weighted by Gasteiger charge is 2.02. The molecule has 16 heavy (non-hydrogen) atoms. The molecule has 1 heterocycles. The van der Waals surface area contributed by atoms with Gasteiger partial charge in [-0.1, -0.05) is 6.07 Å². The van der Waals surface area contributed by atoms with Crippen LogP contribution in [0.2, 0.25) is 0 Å². The van der Waals surface area contributed by atoms with E-state index in [4.69, 9.17) is 10.5 Å². The minimum atomic E-state index is 0.562. The molecular formula is C12H17N3O. The first-order chi connectivity index (χ1) is 7.85. The zero-order valence-corrected chi connectivity index (χ0v) is 9.52. The van der Waals surface area contributed by atoms with Gasteiger partial charge in [-0.3, -0.25) is 0 Å². The van der Waals surface area contributed by atoms with Crippen LogP contribution in [-0.4, -0.2) is 23.3 Å². The number of aromatic nitrogens is 2. The molecule has 0 saturated heterocycles. The number of nitrogens with two attached hydrogens (primary N) is 1. The van der Waals surface area contributed by atoms with Crippen LogP contribution >= 0.6 is 0 Å². The number of aryl methyl sites for hydroxylation is 1. The molecule has 0 spiro atoms. The van der Waals surface area contributed by atoms with Gasteiger partial charge in [0.1, 0.15) is 0 Å². The summed E-state index contributed by atoms with van der Waals surface area (Å²) >= 11 is 0. The normalized spacial score (nSPS) is 11.1. The molecule has 4 nitrogen and oxygen atoms in total. The maximum Gasteiger partial charge on any atom is 0.0958 e. The molecule has 0 amide bonds. The second kappa shape index (κ2) is 5.09. The Kier molecular flexibility index (Phi) is 3.54. The monoisotopic (exact) mass is 219 g/mol. The van der Waals surface area contributed by atoms with Crippen LogP contribution in [0, 0.1) is 0 Å². The maximum absolute atomic E-state index is 5.59. The van der Waals surface area contributed by atoms with Gasteiger partial charge in [0.15, 0.2) is 0 Å². The van der Waals surface area contributed by atoms with E-state index in [2.05, 4.69) is 21.7 Å². The van der Waals surface area contributed by atoms with E-state index >= 15 is 0 Å². The number of imidazole rings is 1. The maximum atomic E-state index is 5.59. The number of methoxy groups -OCH3 is 1. The fourth-order valence-corrected chi connectivity index (χ4v) is 1.79. The number of ether oxygens (including phenoxy) is 1. The highest BCUT2D eigenvalue weighted by atomic mass is 16.5. The Bertz CT molecular complexity index is 464. The second-order valence-corrected chi connectivity index (χ2v) is 3.81. The first-order valence-corrected chi connectivity index (χ1v) is 5.48. The van der Waals surface area contributed by atoms with Crippen LogP contribution in [0.25, 0.3) is 11.0 Å². The van der Waals surface area contributed by atoms with Crippen LogP contribution in [0.3, 0.4) is 0 Å². The summed E-state index contributed by atoms with van der Waals surface area (Å²) in [5.41, 5.74) is 8.89. The van der Waals surface area contributed by atoms with Crippen molar-refractivity contribution in [3.8, 4) is 0 Å². The lowest BCUT2D eigenvalue weighted by Crippen LogP contribution is -2.00. The second-order valence-electron chi connectivity index (χ2n) is 3.81. The number of nitrogens with zero attached hydrogens (tertiary/aromatic N) is 2. The first-order valence-electron chi connectivity index (χ1n) is 5.48. The van der Waals surface area contributed by atoms with E-state index in [1.807, 2.05) is 12.4 Å². The summed E-state index contributed by atoms with van der Waals surface area (Å²) in [6.45, 7) is 2.28. The number of fused-ring (bicyclic) bond motifs is 1. The zero-order valence-electron chi connectivity index (χ0n) is 9.52. The van der Waals surface area contributed by atoms with Crippen LogP contribution in [0.5, 0.6) is 0 Å². The predicted molar refractivity (Wildman–Crippen MR) is 64.1 cm³/mol. The average molecular weight is 219 g/mol. The van der Waals surface area contributed by atoms with Crippen molar-refractivity contribution in [1.29, 1.82) is 0 Å². The Morgan fingerprint density at radius 1 is 1.44 bits per heavy atom. The summed E-state index contributed by atoms with van der Waals surface area (Å²) in [6, 6.07) is 6.18. The van der Waals surface area contributed by atoms with Crippen LogP contribution in [0.1, 0.15) is 12.0 Å². The molecule has 1 aromatic carbocycles. The Hall–Kier alpha value is -1.39. The number of benzene rings is 1. The number of hydrogen-bond acceptors (Lipinski definition) is 3. The van der Waals surface area contributed by atoms with Crippen LogP contribution in [0.15, 0.2) is 24.5 Å². The summed E-state index contributed by atoms with van der Waals surface area (Å²) in [4.78, 5) is 4.37. The number of rotatable bonds is 5. The third-order valence-corrected chi connectivity index (χ3v) is 2.67. The van der Waals surface area contributed by atoms with Crippen molar-refractivity contribution in [3.63, 3.8) is 0 Å². The number of hydrogen-bond donors (Lipinski definition) is 1. The van der Waals surface area contributed by atoms with Gasteiger partial charge >= 0.3 is 0 Å². The molecule has 0 radical (unpaired) electrons. The van der Waals surface area contributed by atoms with E-state index in [1.54, 1.807) is 7.11 Å². The van der Waals surface area contributed by atoms with Gasteiger partial charge in [0.05, 0.1) is 17.4 Å². The standard InChI is InChI=1S/C12H17N3O/c1-16-6-2-5-15-9-14-11-7-10(8-13)3-4-12(11)15/h3-4,7,9H,2,5-6,8,13H2,1H3. The van der Waals surface area contributed by atoms with Gasteiger partial charge in [0.2, 0.25) is 0 Å². The van der Waals surface area contributed by atoms with Crippen molar-refractivity contribution in [2.75, 3.05) is 13.7 Å². The van der Waals surface area contributed by atoms with Crippen LogP contribution in [-0.2, 0) is 17.8 Å². The topological polar surface area (TPSA) is 53.1 Å². The smallest absolute Gasteiger partial charge is 0.0958 e. The third-order valence-electron chi connectivity index (χ3n) is 2.67. The van der Waals surface area contributed by atoms with Crippen molar-refractivity contribution in [3.05, 3.63) is 30.1 Å². The summed E-state index contributed by atoms with van der Waals surface area (Å²) in [5, 5.41) is 0. The minimum absolute atomic E-state index is 0.562. The van der Waals surface area contributed by atoms with Gasteiger partial charge < -0.3 is 15.0 Å². The molecule has 86 valence electrons. The molecule has 4 heteroatoms. The van der Waals surface area contributed by atoms with Crippen molar-refractivity contribution < 1.29 is 4.74 Å². The van der Waals surface area contributed by atoms with E-state index < -0.39 is 0 Å². The lowest BCUT2D eigenvalue weighted by atomic mass is 10.2. The molecule has 0 atom stereocenters. The summed E-state index contributed by atoms with van der Waals surface area (Å²) in [5.74, 6) is 0. The summed E-state index contributed by atoms with van der Waals surface area (Å²) < 4.78 is 7.19. The first kappa shape index (κ1) is 11.1. The quantitative estimate of drug-likeness (QED) is 0.776. The fraction of sp³-hybridized carbons (Fsp3) is 0.417. The van der Waals surface area contributed by atoms with Gasteiger partial charge in [-0.05, 0) is 24.1 Å². The summed E-state index contributed by atoms with van der Waals surface area (Å²) in [7, 11) is 1.72. The molecule has 1 aromatic heterocycles. The Balaban J connectivity index is 2.20. The molecule has 2 rings (SSSR count). The molecular weight excluding hydrogens is 202 g/mol. The molecule has 0 aliphatic rings. The molecule has 0 bridgehead atoms. The zero-order chi connectivity index (χ0) is 11.4. The molecule has 0 aliphatic carbocycles. The lowest BCUT2D eigenvalue weighted by molar-refractivity contribution is 0.190. The molecule has 0 saturated carbocycles. The van der Waals surface area contributed by atoms with Crippen molar-refractivity contribution in [2.45, 2.75) is 19.5 Å². The van der Waals surface area contributed by atoms with E-state index in [0.29, 0.717) is 6.54 Å². The van der Waals surface area contributed by atoms with E-state index in [-0.39, 0.29) is 0 Å². The molecule has 0 unspecified atom stereocenters. The highest BCUT2D eigenvalue weighted by Crippen LogP contribution is 2.15. The van der Waals surface area contributed by atoms with Gasteiger partial charge in [-0.25, -0.2) is 4.98 Å². The third kappa shape index (κ3) is 2.23. The SMILES string of the molecule is COCCCn1cnc2cc(CN)ccc21. The molecule has 2 aromatic rings. The molecule has 0 fully saturated rings. The summed E-state index contributed by atoms with van der Waals surface area (Å²) in [6.07, 6.45) is 2.88. The van der Waals surface area contributed by atoms with Gasteiger partial charge in [-0.15, -0.1) is 0 Å². The predicted octanol–water partition coefficient (Wildman–Crippen LogP) is 1.53. The Morgan fingerprint density at radius 2 is 2.31 bits per heavy atom. The minimum Gasteiger partial charge on any atom is -0.385 e. The largest absolute Gasteiger partial charge is 0.385 e. The fourth-order valence-electron chi connectivity index (χ4n) is 1.79. The van der Waals surface area contributed by atoms with Gasteiger partial charge in [-0.2, -0.15) is 0 Å². The average Bonchev–Trinajstić information content (AvgIpc) is 2.72. The van der Waals surface area contributed by atoms with Crippen molar-refractivity contribution in [1.82, 2.24) is 9.55 Å². The van der Waals surface area contributed by atoms with Crippen molar-refractivity contribution >= 4 is 11.0 Å². The van der Waals surface area contributed by atoms with Crippen molar-refractivity contribution in [2.24, 2.45) is 5.73 Å². The Morgan fingerprint density at radius 3 is 3.06 bits per heavy atom.